The SMILES string of the molecule is Cn1c(-c2ccccc2)cc(CC(=O)O)c1-c1ccccc1. The standard InChI is InChI=1S/C19H17NO2/c1-20-17(14-8-4-2-5-9-14)12-16(13-18(21)22)19(20)15-10-6-3-7-11-15/h2-12H,13H2,1H3,(H,21,22). The highest BCUT2D eigenvalue weighted by molar-refractivity contribution is 5.79. The van der Waals surface area contributed by atoms with Gasteiger partial charge in [0, 0.05) is 12.7 Å². The van der Waals surface area contributed by atoms with Gasteiger partial charge in [0.05, 0.1) is 12.1 Å². The average Bonchev–Trinajstić information content (AvgIpc) is 2.85. The summed E-state index contributed by atoms with van der Waals surface area (Å²) in [5.41, 5.74) is 4.93. The number of hydrogen-bond acceptors (Lipinski definition) is 1. The minimum atomic E-state index is -0.817. The molecule has 3 rings (SSSR count). The van der Waals surface area contributed by atoms with Crippen LogP contribution in [0, 0.1) is 0 Å². The average molecular weight is 291 g/mol. The van der Waals surface area contributed by atoms with Gasteiger partial charge in [-0.3, -0.25) is 4.79 Å². The third-order valence-corrected chi connectivity index (χ3v) is 3.77. The molecule has 3 aromatic rings. The van der Waals surface area contributed by atoms with Crippen LogP contribution >= 0.6 is 0 Å². The maximum Gasteiger partial charge on any atom is 0.307 e. The van der Waals surface area contributed by atoms with Gasteiger partial charge in [-0.2, -0.15) is 0 Å². The summed E-state index contributed by atoms with van der Waals surface area (Å²) >= 11 is 0. The fourth-order valence-corrected chi connectivity index (χ4v) is 2.82. The van der Waals surface area contributed by atoms with E-state index in [2.05, 4.69) is 4.57 Å². The molecule has 1 N–H and O–H groups in total. The van der Waals surface area contributed by atoms with Crippen LogP contribution in [0.3, 0.4) is 0 Å². The Labute approximate surface area is 129 Å². The summed E-state index contributed by atoms with van der Waals surface area (Å²) in [6.45, 7) is 0. The number of carbonyl (C=O) groups is 1. The van der Waals surface area contributed by atoms with Gasteiger partial charge in [0.25, 0.3) is 0 Å². The van der Waals surface area contributed by atoms with Gasteiger partial charge in [-0.15, -0.1) is 0 Å². The van der Waals surface area contributed by atoms with Crippen molar-refractivity contribution in [1.29, 1.82) is 0 Å². The lowest BCUT2D eigenvalue weighted by Gasteiger charge is -2.09. The fourth-order valence-electron chi connectivity index (χ4n) is 2.82. The topological polar surface area (TPSA) is 42.2 Å². The van der Waals surface area contributed by atoms with Gasteiger partial charge >= 0.3 is 5.97 Å². The molecule has 2 aromatic carbocycles. The van der Waals surface area contributed by atoms with E-state index in [-0.39, 0.29) is 6.42 Å². The van der Waals surface area contributed by atoms with Crippen molar-refractivity contribution < 1.29 is 9.90 Å². The quantitative estimate of drug-likeness (QED) is 0.790. The van der Waals surface area contributed by atoms with Gasteiger partial charge in [0.2, 0.25) is 0 Å². The lowest BCUT2D eigenvalue weighted by molar-refractivity contribution is -0.136. The molecular weight excluding hydrogens is 274 g/mol. The van der Waals surface area contributed by atoms with Crippen LogP contribution in [0.15, 0.2) is 66.7 Å². The molecule has 1 aromatic heterocycles. The van der Waals surface area contributed by atoms with Gasteiger partial charge < -0.3 is 9.67 Å². The van der Waals surface area contributed by atoms with E-state index in [0.717, 1.165) is 28.1 Å². The highest BCUT2D eigenvalue weighted by Gasteiger charge is 2.17. The summed E-state index contributed by atoms with van der Waals surface area (Å²) in [5.74, 6) is -0.817. The van der Waals surface area contributed by atoms with E-state index in [1.54, 1.807) is 0 Å². The predicted molar refractivity (Wildman–Crippen MR) is 87.6 cm³/mol. The van der Waals surface area contributed by atoms with Crippen molar-refractivity contribution in [3.63, 3.8) is 0 Å². The van der Waals surface area contributed by atoms with Crippen molar-refractivity contribution in [3.8, 4) is 22.5 Å². The first kappa shape index (κ1) is 14.1. The molecule has 0 aliphatic rings. The minimum Gasteiger partial charge on any atom is -0.481 e. The molecule has 110 valence electrons. The second-order valence-electron chi connectivity index (χ2n) is 5.27. The lowest BCUT2D eigenvalue weighted by atomic mass is 10.1. The molecular formula is C19H17NO2. The van der Waals surface area contributed by atoms with Crippen molar-refractivity contribution in [2.24, 2.45) is 7.05 Å². The van der Waals surface area contributed by atoms with E-state index in [0.29, 0.717) is 0 Å². The zero-order valence-electron chi connectivity index (χ0n) is 12.4. The maximum atomic E-state index is 11.2. The Morgan fingerprint density at radius 3 is 2.05 bits per heavy atom. The normalized spacial score (nSPS) is 10.6. The van der Waals surface area contributed by atoms with E-state index in [9.17, 15) is 9.90 Å². The Balaban J connectivity index is 2.19. The molecule has 0 unspecified atom stereocenters. The molecule has 0 saturated heterocycles. The van der Waals surface area contributed by atoms with Crippen molar-refractivity contribution in [2.75, 3.05) is 0 Å². The van der Waals surface area contributed by atoms with Gasteiger partial charge in [-0.05, 0) is 22.8 Å². The Kier molecular flexibility index (Phi) is 3.79. The van der Waals surface area contributed by atoms with Crippen molar-refractivity contribution in [3.05, 3.63) is 72.3 Å². The molecule has 0 bridgehead atoms. The summed E-state index contributed by atoms with van der Waals surface area (Å²) in [6, 6.07) is 21.9. The summed E-state index contributed by atoms with van der Waals surface area (Å²) < 4.78 is 2.07. The summed E-state index contributed by atoms with van der Waals surface area (Å²) in [5, 5.41) is 9.20. The van der Waals surface area contributed by atoms with Crippen LogP contribution in [0.1, 0.15) is 5.56 Å². The molecule has 0 radical (unpaired) electrons. The van der Waals surface area contributed by atoms with E-state index in [1.807, 2.05) is 73.8 Å². The first-order valence-electron chi connectivity index (χ1n) is 7.18. The Hall–Kier alpha value is -2.81. The Morgan fingerprint density at radius 1 is 0.955 bits per heavy atom. The van der Waals surface area contributed by atoms with Crippen molar-refractivity contribution in [2.45, 2.75) is 6.42 Å². The fraction of sp³-hybridized carbons (Fsp3) is 0.105. The molecule has 0 saturated carbocycles. The number of carboxylic acid groups (broad SMARTS) is 1. The predicted octanol–water partition coefficient (Wildman–Crippen LogP) is 3.99. The highest BCUT2D eigenvalue weighted by atomic mass is 16.4. The molecule has 3 nitrogen and oxygen atoms in total. The summed E-state index contributed by atoms with van der Waals surface area (Å²) in [4.78, 5) is 11.2. The second-order valence-corrected chi connectivity index (χ2v) is 5.27. The van der Waals surface area contributed by atoms with E-state index in [1.165, 1.54) is 0 Å². The lowest BCUT2D eigenvalue weighted by Crippen LogP contribution is -2.02. The van der Waals surface area contributed by atoms with Crippen LogP contribution < -0.4 is 0 Å². The van der Waals surface area contributed by atoms with Gasteiger partial charge in [0.1, 0.15) is 0 Å². The number of benzene rings is 2. The Morgan fingerprint density at radius 2 is 1.50 bits per heavy atom. The largest absolute Gasteiger partial charge is 0.481 e. The molecule has 1 heterocycles. The number of hydrogen-bond donors (Lipinski definition) is 1. The van der Waals surface area contributed by atoms with E-state index in [4.69, 9.17) is 0 Å². The van der Waals surface area contributed by atoms with Crippen LogP contribution in [0.5, 0.6) is 0 Å². The summed E-state index contributed by atoms with van der Waals surface area (Å²) in [6.07, 6.45) is 0.0188. The number of aliphatic carboxylic acids is 1. The van der Waals surface area contributed by atoms with Gasteiger partial charge in [0.15, 0.2) is 0 Å². The van der Waals surface area contributed by atoms with E-state index < -0.39 is 5.97 Å². The molecule has 3 heteroatoms. The molecule has 0 atom stereocenters. The van der Waals surface area contributed by atoms with Crippen molar-refractivity contribution in [1.82, 2.24) is 4.57 Å². The molecule has 0 aliphatic heterocycles. The van der Waals surface area contributed by atoms with Crippen LogP contribution in [0.25, 0.3) is 22.5 Å². The maximum absolute atomic E-state index is 11.2. The van der Waals surface area contributed by atoms with Crippen LogP contribution in [0.2, 0.25) is 0 Å². The van der Waals surface area contributed by atoms with Crippen molar-refractivity contribution >= 4 is 5.97 Å². The monoisotopic (exact) mass is 291 g/mol. The van der Waals surface area contributed by atoms with Gasteiger partial charge in [-0.25, -0.2) is 0 Å². The second kappa shape index (κ2) is 5.90. The molecule has 0 spiro atoms. The van der Waals surface area contributed by atoms with Crippen LogP contribution in [-0.4, -0.2) is 15.6 Å². The third kappa shape index (κ3) is 2.66. The Bertz CT molecular complexity index is 789. The van der Waals surface area contributed by atoms with Crippen LogP contribution in [0.4, 0.5) is 0 Å². The number of carboxylic acids is 1. The number of aromatic nitrogens is 1. The number of rotatable bonds is 4. The number of nitrogens with zero attached hydrogens (tertiary/aromatic N) is 1. The minimum absolute atomic E-state index is 0.0188. The molecule has 22 heavy (non-hydrogen) atoms. The third-order valence-electron chi connectivity index (χ3n) is 3.77. The van der Waals surface area contributed by atoms with E-state index >= 15 is 0 Å². The zero-order chi connectivity index (χ0) is 15.5. The smallest absolute Gasteiger partial charge is 0.307 e. The molecule has 0 amide bonds. The van der Waals surface area contributed by atoms with Crippen LogP contribution in [-0.2, 0) is 18.3 Å². The molecule has 0 fully saturated rings. The van der Waals surface area contributed by atoms with Gasteiger partial charge in [-0.1, -0.05) is 60.7 Å². The molecule has 0 aliphatic carbocycles. The first-order valence-corrected chi connectivity index (χ1v) is 7.18. The highest BCUT2D eigenvalue weighted by Crippen LogP contribution is 2.32. The summed E-state index contributed by atoms with van der Waals surface area (Å²) in [7, 11) is 1.98. The zero-order valence-corrected chi connectivity index (χ0v) is 12.4. The first-order chi connectivity index (χ1) is 10.7.